The van der Waals surface area contributed by atoms with Crippen molar-refractivity contribution in [2.45, 2.75) is 31.3 Å². The molecule has 1 N–H and O–H groups in total. The number of nitrogens with one attached hydrogen (secondary N) is 1. The SMILES string of the molecule is CSCCC(NC(=O)c1ccccc1Cl)C(=O)N1CCC(n2cncn2)CC1. The van der Waals surface area contributed by atoms with Gasteiger partial charge in [0, 0.05) is 13.1 Å². The number of nitrogens with zero attached hydrogens (tertiary/aromatic N) is 4. The molecular weight excluding hydrogens is 398 g/mol. The Morgan fingerprint density at radius 2 is 2.07 bits per heavy atom. The lowest BCUT2D eigenvalue weighted by molar-refractivity contribution is -0.134. The van der Waals surface area contributed by atoms with Crippen LogP contribution in [-0.4, -0.2) is 62.6 Å². The third-order valence-corrected chi connectivity index (χ3v) is 5.89. The van der Waals surface area contributed by atoms with Crippen molar-refractivity contribution in [3.8, 4) is 0 Å². The number of halogens is 1. The van der Waals surface area contributed by atoms with Gasteiger partial charge in [0.2, 0.25) is 5.91 Å². The fourth-order valence-corrected chi connectivity index (χ4v) is 4.04. The molecular formula is C19H24ClN5O2S. The molecule has 2 amide bonds. The van der Waals surface area contributed by atoms with Gasteiger partial charge in [0.05, 0.1) is 16.6 Å². The van der Waals surface area contributed by atoms with E-state index in [4.69, 9.17) is 11.6 Å². The second kappa shape index (κ2) is 9.93. The quantitative estimate of drug-likeness (QED) is 0.743. The lowest BCUT2D eigenvalue weighted by Gasteiger charge is -2.34. The second-order valence-corrected chi connectivity index (χ2v) is 8.11. The van der Waals surface area contributed by atoms with E-state index in [1.165, 1.54) is 6.33 Å². The average molecular weight is 422 g/mol. The molecule has 1 fully saturated rings. The number of aromatic nitrogens is 3. The maximum atomic E-state index is 13.1. The summed E-state index contributed by atoms with van der Waals surface area (Å²) in [7, 11) is 0. The molecule has 1 atom stereocenters. The summed E-state index contributed by atoms with van der Waals surface area (Å²) in [5.74, 6) is 0.434. The van der Waals surface area contributed by atoms with E-state index < -0.39 is 6.04 Å². The Kier molecular flexibility index (Phi) is 7.33. The summed E-state index contributed by atoms with van der Waals surface area (Å²) < 4.78 is 1.85. The van der Waals surface area contributed by atoms with Gasteiger partial charge in [-0.2, -0.15) is 16.9 Å². The Morgan fingerprint density at radius 3 is 2.71 bits per heavy atom. The molecule has 1 aromatic carbocycles. The molecule has 2 heterocycles. The van der Waals surface area contributed by atoms with E-state index in [1.54, 1.807) is 42.4 Å². The standard InChI is InChI=1S/C19H24ClN5O2S/c1-28-11-8-17(23-18(26)15-4-2-3-5-16(15)20)19(27)24-9-6-14(7-10-24)25-13-21-12-22-25/h2-5,12-14,17H,6-11H2,1H3,(H,23,26). The predicted octanol–water partition coefficient (Wildman–Crippen LogP) is 2.65. The molecule has 0 radical (unpaired) electrons. The average Bonchev–Trinajstić information content (AvgIpc) is 3.26. The summed E-state index contributed by atoms with van der Waals surface area (Å²) >= 11 is 7.78. The smallest absolute Gasteiger partial charge is 0.253 e. The molecule has 0 saturated carbocycles. The number of hydrogen-bond donors (Lipinski definition) is 1. The maximum Gasteiger partial charge on any atom is 0.253 e. The normalized spacial score (nSPS) is 16.0. The van der Waals surface area contributed by atoms with E-state index in [0.717, 1.165) is 18.6 Å². The van der Waals surface area contributed by atoms with Crippen LogP contribution >= 0.6 is 23.4 Å². The van der Waals surface area contributed by atoms with Crippen LogP contribution in [0.5, 0.6) is 0 Å². The van der Waals surface area contributed by atoms with E-state index in [2.05, 4.69) is 15.4 Å². The van der Waals surface area contributed by atoms with E-state index in [0.29, 0.717) is 30.1 Å². The van der Waals surface area contributed by atoms with Crippen molar-refractivity contribution in [2.24, 2.45) is 0 Å². The largest absolute Gasteiger partial charge is 0.341 e. The van der Waals surface area contributed by atoms with Gasteiger partial charge < -0.3 is 10.2 Å². The topological polar surface area (TPSA) is 80.1 Å². The zero-order valence-corrected chi connectivity index (χ0v) is 17.3. The van der Waals surface area contributed by atoms with Crippen LogP contribution < -0.4 is 5.32 Å². The molecule has 0 bridgehead atoms. The van der Waals surface area contributed by atoms with Crippen LogP contribution in [0.25, 0.3) is 0 Å². The van der Waals surface area contributed by atoms with E-state index in [9.17, 15) is 9.59 Å². The van der Waals surface area contributed by atoms with Crippen molar-refractivity contribution >= 4 is 35.2 Å². The Morgan fingerprint density at radius 1 is 1.32 bits per heavy atom. The predicted molar refractivity (Wildman–Crippen MR) is 111 cm³/mol. The van der Waals surface area contributed by atoms with Gasteiger partial charge >= 0.3 is 0 Å². The van der Waals surface area contributed by atoms with Crippen LogP contribution in [-0.2, 0) is 4.79 Å². The summed E-state index contributed by atoms with van der Waals surface area (Å²) in [4.78, 5) is 31.6. The van der Waals surface area contributed by atoms with E-state index >= 15 is 0 Å². The monoisotopic (exact) mass is 421 g/mol. The molecule has 150 valence electrons. The van der Waals surface area contributed by atoms with Crippen LogP contribution in [0, 0.1) is 0 Å². The summed E-state index contributed by atoms with van der Waals surface area (Å²) in [5, 5.41) is 7.47. The Balaban J connectivity index is 1.63. The number of piperidine rings is 1. The first-order chi connectivity index (χ1) is 13.6. The first-order valence-corrected chi connectivity index (χ1v) is 11.0. The van der Waals surface area contributed by atoms with Gasteiger partial charge in [-0.3, -0.25) is 9.59 Å². The van der Waals surface area contributed by atoms with Gasteiger partial charge in [-0.25, -0.2) is 9.67 Å². The Hall–Kier alpha value is -2.06. The fourth-order valence-electron chi connectivity index (χ4n) is 3.35. The van der Waals surface area contributed by atoms with Gasteiger partial charge in [-0.05, 0) is 43.4 Å². The second-order valence-electron chi connectivity index (χ2n) is 6.72. The van der Waals surface area contributed by atoms with E-state index in [1.807, 2.05) is 15.8 Å². The van der Waals surface area contributed by atoms with Gasteiger partial charge in [-0.1, -0.05) is 23.7 Å². The number of benzene rings is 1. The molecule has 1 aliphatic rings. The number of thioether (sulfide) groups is 1. The van der Waals surface area contributed by atoms with E-state index in [-0.39, 0.29) is 17.9 Å². The number of carbonyl (C=O) groups excluding carboxylic acids is 2. The molecule has 28 heavy (non-hydrogen) atoms. The summed E-state index contributed by atoms with van der Waals surface area (Å²) in [6.07, 6.45) is 7.46. The van der Waals surface area contributed by atoms with Crippen LogP contribution in [0.3, 0.4) is 0 Å². The molecule has 1 unspecified atom stereocenters. The Bertz CT molecular complexity index is 793. The molecule has 3 rings (SSSR count). The van der Waals surface area contributed by atoms with Crippen molar-refractivity contribution < 1.29 is 9.59 Å². The maximum absolute atomic E-state index is 13.1. The molecule has 0 spiro atoms. The molecule has 1 aromatic heterocycles. The summed E-state index contributed by atoms with van der Waals surface area (Å²) in [6.45, 7) is 1.28. The van der Waals surface area contributed by atoms with Crippen LogP contribution in [0.2, 0.25) is 5.02 Å². The molecule has 2 aromatic rings. The van der Waals surface area contributed by atoms with Gasteiger partial charge in [-0.15, -0.1) is 0 Å². The molecule has 9 heteroatoms. The third kappa shape index (κ3) is 5.05. The fraction of sp³-hybridized carbons (Fsp3) is 0.474. The molecule has 1 saturated heterocycles. The highest BCUT2D eigenvalue weighted by Gasteiger charge is 2.30. The minimum absolute atomic E-state index is 0.0357. The lowest BCUT2D eigenvalue weighted by atomic mass is 10.0. The van der Waals surface area contributed by atoms with Gasteiger partial charge in [0.1, 0.15) is 18.7 Å². The number of hydrogen-bond acceptors (Lipinski definition) is 5. The first-order valence-electron chi connectivity index (χ1n) is 9.27. The van der Waals surface area contributed by atoms with Gasteiger partial charge in [0.25, 0.3) is 5.91 Å². The Labute approximate surface area is 173 Å². The number of amides is 2. The number of rotatable bonds is 7. The zero-order valence-electron chi connectivity index (χ0n) is 15.8. The van der Waals surface area contributed by atoms with Crippen LogP contribution in [0.15, 0.2) is 36.9 Å². The van der Waals surface area contributed by atoms with Crippen LogP contribution in [0.4, 0.5) is 0 Å². The summed E-state index contributed by atoms with van der Waals surface area (Å²) in [5.41, 5.74) is 0.385. The minimum atomic E-state index is -0.556. The van der Waals surface area contributed by atoms with Crippen molar-refractivity contribution in [3.63, 3.8) is 0 Å². The van der Waals surface area contributed by atoms with Crippen molar-refractivity contribution in [1.82, 2.24) is 25.0 Å². The molecule has 1 aliphatic heterocycles. The summed E-state index contributed by atoms with van der Waals surface area (Å²) in [6, 6.07) is 6.57. The number of carbonyl (C=O) groups is 2. The van der Waals surface area contributed by atoms with Crippen molar-refractivity contribution in [3.05, 3.63) is 47.5 Å². The lowest BCUT2D eigenvalue weighted by Crippen LogP contribution is -2.51. The zero-order chi connectivity index (χ0) is 19.9. The first kappa shape index (κ1) is 20.7. The number of likely N-dealkylation sites (tertiary alicyclic amines) is 1. The van der Waals surface area contributed by atoms with Gasteiger partial charge in [0.15, 0.2) is 0 Å². The van der Waals surface area contributed by atoms with Crippen molar-refractivity contribution in [2.75, 3.05) is 25.1 Å². The molecule has 7 nitrogen and oxygen atoms in total. The highest BCUT2D eigenvalue weighted by atomic mass is 35.5. The highest BCUT2D eigenvalue weighted by molar-refractivity contribution is 7.98. The minimum Gasteiger partial charge on any atom is -0.341 e. The van der Waals surface area contributed by atoms with Crippen LogP contribution in [0.1, 0.15) is 35.7 Å². The van der Waals surface area contributed by atoms with Crippen molar-refractivity contribution in [1.29, 1.82) is 0 Å². The third-order valence-electron chi connectivity index (χ3n) is 4.92. The molecule has 0 aliphatic carbocycles. The highest BCUT2D eigenvalue weighted by Crippen LogP contribution is 2.22.